The SMILES string of the molecule is CC(C)(C)CCC(NN)c1cn[nH]c1N. The predicted octanol–water partition coefficient (Wildman–Crippen LogP) is 1.32. The Bertz CT molecular complexity index is 299. The molecule has 0 aliphatic carbocycles. The number of hydrogen-bond acceptors (Lipinski definition) is 4. The van der Waals surface area contributed by atoms with Gasteiger partial charge in [-0.3, -0.25) is 16.4 Å². The minimum Gasteiger partial charge on any atom is -0.384 e. The molecule has 15 heavy (non-hydrogen) atoms. The van der Waals surface area contributed by atoms with Crippen molar-refractivity contribution in [3.05, 3.63) is 11.8 Å². The highest BCUT2D eigenvalue weighted by Gasteiger charge is 2.18. The van der Waals surface area contributed by atoms with Crippen molar-refractivity contribution in [2.45, 2.75) is 39.7 Å². The van der Waals surface area contributed by atoms with Gasteiger partial charge in [0.25, 0.3) is 0 Å². The molecule has 1 heterocycles. The van der Waals surface area contributed by atoms with E-state index in [0.29, 0.717) is 11.2 Å². The van der Waals surface area contributed by atoms with Gasteiger partial charge >= 0.3 is 0 Å². The van der Waals surface area contributed by atoms with Crippen molar-refractivity contribution < 1.29 is 0 Å². The molecule has 0 aliphatic rings. The molecule has 5 heteroatoms. The second kappa shape index (κ2) is 4.63. The highest BCUT2D eigenvalue weighted by atomic mass is 15.2. The molecule has 6 N–H and O–H groups in total. The smallest absolute Gasteiger partial charge is 0.123 e. The summed E-state index contributed by atoms with van der Waals surface area (Å²) in [4.78, 5) is 0. The first-order valence-corrected chi connectivity index (χ1v) is 5.19. The molecule has 1 unspecified atom stereocenters. The molecule has 1 aromatic rings. The molecular formula is C10H21N5. The van der Waals surface area contributed by atoms with Crippen LogP contribution in [-0.2, 0) is 0 Å². The lowest BCUT2D eigenvalue weighted by Crippen LogP contribution is -2.29. The van der Waals surface area contributed by atoms with Crippen molar-refractivity contribution in [2.24, 2.45) is 11.3 Å². The summed E-state index contributed by atoms with van der Waals surface area (Å²) in [5, 5.41) is 6.60. The molecule has 0 saturated carbocycles. The summed E-state index contributed by atoms with van der Waals surface area (Å²) in [6.45, 7) is 6.62. The Morgan fingerprint density at radius 1 is 1.53 bits per heavy atom. The average Bonchev–Trinajstić information content (AvgIpc) is 2.52. The molecule has 1 atom stereocenters. The first kappa shape index (κ1) is 12.0. The first-order chi connectivity index (χ1) is 6.94. The molecule has 86 valence electrons. The van der Waals surface area contributed by atoms with E-state index in [1.54, 1.807) is 6.20 Å². The lowest BCUT2D eigenvalue weighted by molar-refractivity contribution is 0.334. The van der Waals surface area contributed by atoms with E-state index < -0.39 is 0 Å². The maximum Gasteiger partial charge on any atom is 0.123 e. The number of anilines is 1. The molecule has 0 spiro atoms. The van der Waals surface area contributed by atoms with E-state index in [4.69, 9.17) is 11.6 Å². The summed E-state index contributed by atoms with van der Waals surface area (Å²) in [5.74, 6) is 6.10. The maximum absolute atomic E-state index is 5.74. The van der Waals surface area contributed by atoms with Crippen molar-refractivity contribution in [1.29, 1.82) is 0 Å². The molecule has 0 amide bonds. The number of aromatic nitrogens is 2. The largest absolute Gasteiger partial charge is 0.384 e. The van der Waals surface area contributed by atoms with Crippen molar-refractivity contribution in [1.82, 2.24) is 15.6 Å². The van der Waals surface area contributed by atoms with E-state index in [9.17, 15) is 0 Å². The summed E-state index contributed by atoms with van der Waals surface area (Å²) in [6.07, 6.45) is 3.75. The van der Waals surface area contributed by atoms with Gasteiger partial charge in [0, 0.05) is 5.56 Å². The zero-order valence-electron chi connectivity index (χ0n) is 9.67. The number of nitrogens with one attached hydrogen (secondary N) is 2. The molecule has 0 radical (unpaired) electrons. The minimum absolute atomic E-state index is 0.0722. The van der Waals surface area contributed by atoms with Crippen LogP contribution >= 0.6 is 0 Å². The highest BCUT2D eigenvalue weighted by molar-refractivity contribution is 5.39. The van der Waals surface area contributed by atoms with E-state index in [2.05, 4.69) is 36.4 Å². The van der Waals surface area contributed by atoms with E-state index in [1.807, 2.05) is 0 Å². The summed E-state index contributed by atoms with van der Waals surface area (Å²) in [6, 6.07) is 0.0722. The number of nitrogens with zero attached hydrogens (tertiary/aromatic N) is 1. The maximum atomic E-state index is 5.74. The first-order valence-electron chi connectivity index (χ1n) is 5.19. The third-order valence-corrected chi connectivity index (χ3v) is 2.46. The van der Waals surface area contributed by atoms with Crippen molar-refractivity contribution in [2.75, 3.05) is 5.73 Å². The van der Waals surface area contributed by atoms with Crippen LogP contribution in [0.2, 0.25) is 0 Å². The van der Waals surface area contributed by atoms with Crippen LogP contribution in [-0.4, -0.2) is 10.2 Å². The van der Waals surface area contributed by atoms with Gasteiger partial charge in [-0.2, -0.15) is 5.10 Å². The quantitative estimate of drug-likeness (QED) is 0.446. The third kappa shape index (κ3) is 3.53. The normalized spacial score (nSPS) is 14.1. The summed E-state index contributed by atoms with van der Waals surface area (Å²) >= 11 is 0. The predicted molar refractivity (Wildman–Crippen MR) is 61.8 cm³/mol. The molecule has 0 aliphatic heterocycles. The standard InChI is InChI=1S/C10H21N5/c1-10(2,3)5-4-8(14-12)7-6-13-15-9(7)11/h6,8,14H,4-5,12H2,1-3H3,(H3,11,13,15). The summed E-state index contributed by atoms with van der Waals surface area (Å²) < 4.78 is 0. The van der Waals surface area contributed by atoms with E-state index in [0.717, 1.165) is 18.4 Å². The monoisotopic (exact) mass is 211 g/mol. The topological polar surface area (TPSA) is 92.7 Å². The lowest BCUT2D eigenvalue weighted by Gasteiger charge is -2.22. The lowest BCUT2D eigenvalue weighted by atomic mass is 9.87. The Morgan fingerprint density at radius 2 is 2.20 bits per heavy atom. The number of aromatic amines is 1. The van der Waals surface area contributed by atoms with Gasteiger partial charge in [0.15, 0.2) is 0 Å². The van der Waals surface area contributed by atoms with Crippen LogP contribution in [0.15, 0.2) is 6.20 Å². The Hall–Kier alpha value is -1.07. The third-order valence-electron chi connectivity index (χ3n) is 2.46. The van der Waals surface area contributed by atoms with Crippen LogP contribution in [0.25, 0.3) is 0 Å². The molecular weight excluding hydrogens is 190 g/mol. The molecule has 5 nitrogen and oxygen atoms in total. The number of rotatable bonds is 4. The van der Waals surface area contributed by atoms with Gasteiger partial charge in [0.1, 0.15) is 5.82 Å². The number of H-pyrrole nitrogens is 1. The van der Waals surface area contributed by atoms with Crippen LogP contribution in [0.4, 0.5) is 5.82 Å². The van der Waals surface area contributed by atoms with E-state index in [-0.39, 0.29) is 6.04 Å². The van der Waals surface area contributed by atoms with Gasteiger partial charge in [-0.15, -0.1) is 0 Å². The number of hydrogen-bond donors (Lipinski definition) is 4. The van der Waals surface area contributed by atoms with Gasteiger partial charge in [0.05, 0.1) is 12.2 Å². The average molecular weight is 211 g/mol. The second-order valence-electron chi connectivity index (χ2n) is 5.06. The minimum atomic E-state index is 0.0722. The molecule has 0 fully saturated rings. The van der Waals surface area contributed by atoms with Gasteiger partial charge in [-0.05, 0) is 18.3 Å². The van der Waals surface area contributed by atoms with Crippen LogP contribution in [0, 0.1) is 5.41 Å². The Kier molecular flexibility index (Phi) is 3.71. The fourth-order valence-electron chi connectivity index (χ4n) is 1.49. The van der Waals surface area contributed by atoms with E-state index >= 15 is 0 Å². The zero-order valence-corrected chi connectivity index (χ0v) is 9.67. The Balaban J connectivity index is 2.61. The fourth-order valence-corrected chi connectivity index (χ4v) is 1.49. The Morgan fingerprint density at radius 3 is 2.60 bits per heavy atom. The molecule has 0 bridgehead atoms. The molecule has 1 aromatic heterocycles. The van der Waals surface area contributed by atoms with Crippen molar-refractivity contribution in [3.63, 3.8) is 0 Å². The van der Waals surface area contributed by atoms with Gasteiger partial charge in [0.2, 0.25) is 0 Å². The van der Waals surface area contributed by atoms with Crippen molar-refractivity contribution >= 4 is 5.82 Å². The highest BCUT2D eigenvalue weighted by Crippen LogP contribution is 2.28. The summed E-state index contributed by atoms with van der Waals surface area (Å²) in [7, 11) is 0. The number of hydrazine groups is 1. The zero-order chi connectivity index (χ0) is 11.5. The van der Waals surface area contributed by atoms with Crippen LogP contribution in [0.5, 0.6) is 0 Å². The number of nitrogens with two attached hydrogens (primary N) is 2. The molecule has 0 saturated heterocycles. The molecule has 0 aromatic carbocycles. The van der Waals surface area contributed by atoms with Gasteiger partial charge in [-0.25, -0.2) is 0 Å². The fraction of sp³-hybridized carbons (Fsp3) is 0.700. The van der Waals surface area contributed by atoms with Crippen LogP contribution in [0.1, 0.15) is 45.2 Å². The van der Waals surface area contributed by atoms with Crippen molar-refractivity contribution in [3.8, 4) is 0 Å². The van der Waals surface area contributed by atoms with Crippen LogP contribution in [0.3, 0.4) is 0 Å². The van der Waals surface area contributed by atoms with Gasteiger partial charge < -0.3 is 5.73 Å². The molecule has 1 rings (SSSR count). The number of nitrogen functional groups attached to an aromatic ring is 1. The summed E-state index contributed by atoms with van der Waals surface area (Å²) in [5.41, 5.74) is 9.77. The van der Waals surface area contributed by atoms with E-state index in [1.165, 1.54) is 0 Å². The second-order valence-corrected chi connectivity index (χ2v) is 5.06. The Labute approximate surface area is 90.6 Å². The van der Waals surface area contributed by atoms with Gasteiger partial charge in [-0.1, -0.05) is 20.8 Å². The van der Waals surface area contributed by atoms with Crippen LogP contribution < -0.4 is 17.0 Å².